The summed E-state index contributed by atoms with van der Waals surface area (Å²) in [4.78, 5) is 4.32. The van der Waals surface area contributed by atoms with Crippen LogP contribution in [0.15, 0.2) is 12.4 Å². The van der Waals surface area contributed by atoms with Crippen LogP contribution in [0.1, 0.15) is 38.4 Å². The van der Waals surface area contributed by atoms with Crippen molar-refractivity contribution in [3.05, 3.63) is 18.2 Å². The second-order valence-corrected chi connectivity index (χ2v) is 4.62. The van der Waals surface area contributed by atoms with Crippen molar-refractivity contribution in [3.8, 4) is 0 Å². The lowest BCUT2D eigenvalue weighted by Crippen LogP contribution is -2.27. The van der Waals surface area contributed by atoms with Gasteiger partial charge in [0.1, 0.15) is 5.82 Å². The van der Waals surface area contributed by atoms with Gasteiger partial charge in [-0.15, -0.1) is 0 Å². The third-order valence-corrected chi connectivity index (χ3v) is 3.59. The number of nitrogens with zero attached hydrogens (tertiary/aromatic N) is 2. The molecule has 1 aliphatic rings. The summed E-state index contributed by atoms with van der Waals surface area (Å²) in [7, 11) is 2.05. The molecule has 0 aromatic carbocycles. The predicted octanol–water partition coefficient (Wildman–Crippen LogP) is 2.09. The molecule has 0 amide bonds. The Kier molecular flexibility index (Phi) is 3.41. The minimum absolute atomic E-state index is 0.714. The van der Waals surface area contributed by atoms with Crippen molar-refractivity contribution in [2.24, 2.45) is 13.0 Å². The molecule has 1 aromatic rings. The molecule has 1 fully saturated rings. The maximum Gasteiger partial charge on any atom is 0.122 e. The smallest absolute Gasteiger partial charge is 0.122 e. The Labute approximate surface area is 91.9 Å². The monoisotopic (exact) mass is 207 g/mol. The average Bonchev–Trinajstić information content (AvgIpc) is 2.84. The summed E-state index contributed by atoms with van der Waals surface area (Å²) in [6.07, 6.45) is 9.28. The zero-order valence-corrected chi connectivity index (χ0v) is 9.74. The van der Waals surface area contributed by atoms with Gasteiger partial charge in [0.15, 0.2) is 0 Å². The summed E-state index contributed by atoms with van der Waals surface area (Å²) < 4.78 is 2.08. The molecule has 3 nitrogen and oxygen atoms in total. The zero-order chi connectivity index (χ0) is 10.7. The van der Waals surface area contributed by atoms with Crippen LogP contribution in [0.4, 0.5) is 0 Å². The number of hydrogen-bond donors (Lipinski definition) is 1. The van der Waals surface area contributed by atoms with Crippen LogP contribution < -0.4 is 5.32 Å². The summed E-state index contributed by atoms with van der Waals surface area (Å²) in [5.41, 5.74) is 0. The molecule has 2 unspecified atom stereocenters. The number of aryl methyl sites for hydroxylation is 1. The lowest BCUT2D eigenvalue weighted by molar-refractivity contribution is 0.468. The first kappa shape index (κ1) is 10.7. The van der Waals surface area contributed by atoms with Gasteiger partial charge in [0.2, 0.25) is 0 Å². The van der Waals surface area contributed by atoms with Gasteiger partial charge in [-0.1, -0.05) is 13.3 Å². The first-order valence-electron chi connectivity index (χ1n) is 5.99. The molecule has 84 valence electrons. The fourth-order valence-electron chi connectivity index (χ4n) is 2.43. The SMILES string of the molecule is CCC1CCC(NCc2nccn2C)C1. The molecule has 1 heterocycles. The van der Waals surface area contributed by atoms with E-state index in [0.717, 1.165) is 18.3 Å². The molecule has 0 radical (unpaired) electrons. The van der Waals surface area contributed by atoms with Crippen LogP contribution in [0.25, 0.3) is 0 Å². The molecule has 2 rings (SSSR count). The fraction of sp³-hybridized carbons (Fsp3) is 0.750. The Morgan fingerprint density at radius 1 is 1.53 bits per heavy atom. The van der Waals surface area contributed by atoms with Gasteiger partial charge in [-0.2, -0.15) is 0 Å². The van der Waals surface area contributed by atoms with E-state index in [4.69, 9.17) is 0 Å². The van der Waals surface area contributed by atoms with Crippen LogP contribution in [0, 0.1) is 5.92 Å². The lowest BCUT2D eigenvalue weighted by atomic mass is 10.1. The summed E-state index contributed by atoms with van der Waals surface area (Å²) in [5, 5.41) is 3.61. The van der Waals surface area contributed by atoms with Gasteiger partial charge < -0.3 is 9.88 Å². The Morgan fingerprint density at radius 3 is 3.00 bits per heavy atom. The van der Waals surface area contributed by atoms with E-state index in [1.54, 1.807) is 0 Å². The molecule has 0 spiro atoms. The van der Waals surface area contributed by atoms with E-state index in [2.05, 4.69) is 21.8 Å². The largest absolute Gasteiger partial charge is 0.337 e. The highest BCUT2D eigenvalue weighted by Crippen LogP contribution is 2.27. The van der Waals surface area contributed by atoms with E-state index in [9.17, 15) is 0 Å². The minimum Gasteiger partial charge on any atom is -0.337 e. The molecule has 15 heavy (non-hydrogen) atoms. The van der Waals surface area contributed by atoms with Crippen molar-refractivity contribution in [2.75, 3.05) is 0 Å². The van der Waals surface area contributed by atoms with Crippen LogP contribution in [-0.2, 0) is 13.6 Å². The molecular weight excluding hydrogens is 186 g/mol. The number of nitrogens with one attached hydrogen (secondary N) is 1. The van der Waals surface area contributed by atoms with Gasteiger partial charge >= 0.3 is 0 Å². The van der Waals surface area contributed by atoms with Gasteiger partial charge in [-0.25, -0.2) is 4.98 Å². The summed E-state index contributed by atoms with van der Waals surface area (Å²) in [6.45, 7) is 3.20. The second kappa shape index (κ2) is 4.79. The Hall–Kier alpha value is -0.830. The van der Waals surface area contributed by atoms with E-state index in [1.807, 2.05) is 19.4 Å². The van der Waals surface area contributed by atoms with Crippen LogP contribution in [0.5, 0.6) is 0 Å². The summed E-state index contributed by atoms with van der Waals surface area (Å²) in [5.74, 6) is 2.08. The number of imidazole rings is 1. The van der Waals surface area contributed by atoms with Crippen LogP contribution in [0.3, 0.4) is 0 Å². The first-order valence-corrected chi connectivity index (χ1v) is 5.99. The van der Waals surface area contributed by atoms with Gasteiger partial charge in [-0.3, -0.25) is 0 Å². The molecule has 2 atom stereocenters. The van der Waals surface area contributed by atoms with E-state index in [-0.39, 0.29) is 0 Å². The van der Waals surface area contributed by atoms with Crippen molar-refractivity contribution in [2.45, 2.75) is 45.2 Å². The van der Waals surface area contributed by atoms with E-state index >= 15 is 0 Å². The maximum absolute atomic E-state index is 4.32. The standard InChI is InChI=1S/C12H21N3/c1-3-10-4-5-11(8-10)14-9-12-13-6-7-15(12)2/h6-7,10-11,14H,3-5,8-9H2,1-2H3. The minimum atomic E-state index is 0.714. The highest BCUT2D eigenvalue weighted by Gasteiger charge is 2.22. The lowest BCUT2D eigenvalue weighted by Gasteiger charge is -2.12. The maximum atomic E-state index is 4.32. The van der Waals surface area contributed by atoms with Crippen LogP contribution >= 0.6 is 0 Å². The van der Waals surface area contributed by atoms with E-state index in [1.165, 1.54) is 25.7 Å². The first-order chi connectivity index (χ1) is 7.29. The number of aromatic nitrogens is 2. The fourth-order valence-corrected chi connectivity index (χ4v) is 2.43. The van der Waals surface area contributed by atoms with Gasteiger partial charge in [-0.05, 0) is 25.2 Å². The molecule has 1 aliphatic carbocycles. The third-order valence-electron chi connectivity index (χ3n) is 3.59. The number of rotatable bonds is 4. The zero-order valence-electron chi connectivity index (χ0n) is 9.74. The topological polar surface area (TPSA) is 29.9 Å². The van der Waals surface area contributed by atoms with Crippen molar-refractivity contribution >= 4 is 0 Å². The molecule has 1 N–H and O–H groups in total. The van der Waals surface area contributed by atoms with Crippen molar-refractivity contribution < 1.29 is 0 Å². The Bertz CT molecular complexity index is 306. The summed E-state index contributed by atoms with van der Waals surface area (Å²) in [6, 6.07) is 0.714. The predicted molar refractivity (Wildman–Crippen MR) is 61.5 cm³/mol. The van der Waals surface area contributed by atoms with Crippen LogP contribution in [0.2, 0.25) is 0 Å². The van der Waals surface area contributed by atoms with Crippen molar-refractivity contribution in [1.82, 2.24) is 14.9 Å². The highest BCUT2D eigenvalue weighted by molar-refractivity contribution is 4.91. The van der Waals surface area contributed by atoms with Crippen molar-refractivity contribution in [3.63, 3.8) is 0 Å². The molecule has 1 saturated carbocycles. The molecule has 3 heteroatoms. The molecular formula is C12H21N3. The molecule has 0 saturated heterocycles. The van der Waals surface area contributed by atoms with E-state index < -0.39 is 0 Å². The Morgan fingerprint density at radius 2 is 2.40 bits per heavy atom. The number of hydrogen-bond acceptors (Lipinski definition) is 2. The van der Waals surface area contributed by atoms with Crippen LogP contribution in [-0.4, -0.2) is 15.6 Å². The quantitative estimate of drug-likeness (QED) is 0.819. The average molecular weight is 207 g/mol. The van der Waals surface area contributed by atoms with E-state index in [0.29, 0.717) is 6.04 Å². The highest BCUT2D eigenvalue weighted by atomic mass is 15.1. The van der Waals surface area contributed by atoms with Crippen molar-refractivity contribution in [1.29, 1.82) is 0 Å². The molecule has 0 bridgehead atoms. The third kappa shape index (κ3) is 2.59. The van der Waals surface area contributed by atoms with Gasteiger partial charge in [0.05, 0.1) is 6.54 Å². The molecule has 0 aliphatic heterocycles. The van der Waals surface area contributed by atoms with Gasteiger partial charge in [0, 0.05) is 25.5 Å². The van der Waals surface area contributed by atoms with Gasteiger partial charge in [0.25, 0.3) is 0 Å². The normalized spacial score (nSPS) is 26.0. The summed E-state index contributed by atoms with van der Waals surface area (Å²) >= 11 is 0. The molecule has 1 aromatic heterocycles. The Balaban J connectivity index is 1.77. The second-order valence-electron chi connectivity index (χ2n) is 4.62.